The smallest absolute Gasteiger partial charge is 0.150 e. The molecule has 0 atom stereocenters. The fourth-order valence-corrected chi connectivity index (χ4v) is 3.38. The van der Waals surface area contributed by atoms with Crippen LogP contribution < -0.4 is 4.90 Å². The summed E-state index contributed by atoms with van der Waals surface area (Å²) in [6, 6.07) is 5.88. The first kappa shape index (κ1) is 10.7. The van der Waals surface area contributed by atoms with E-state index >= 15 is 0 Å². The summed E-state index contributed by atoms with van der Waals surface area (Å²) in [5, 5.41) is 8.28. The summed E-state index contributed by atoms with van der Waals surface area (Å²) >= 11 is 5.07. The van der Waals surface area contributed by atoms with Crippen LogP contribution in [0.25, 0.3) is 10.6 Å². The standard InChI is InChI=1S/C9H9N3S3/c1-12(2)8-4-3-6(10-11-8)7-5-9(13)15-14-7/h3-5H,1-2H3. The lowest BCUT2D eigenvalue weighted by Crippen LogP contribution is -2.11. The van der Waals surface area contributed by atoms with Crippen LogP contribution in [0.3, 0.4) is 0 Å². The van der Waals surface area contributed by atoms with Crippen molar-refractivity contribution < 1.29 is 0 Å². The summed E-state index contributed by atoms with van der Waals surface area (Å²) in [7, 11) is 7.11. The first-order chi connectivity index (χ1) is 7.16. The molecule has 0 aliphatic carbocycles. The molecule has 0 aromatic carbocycles. The maximum Gasteiger partial charge on any atom is 0.150 e. The Kier molecular flexibility index (Phi) is 3.08. The van der Waals surface area contributed by atoms with E-state index in [9.17, 15) is 0 Å². The van der Waals surface area contributed by atoms with Gasteiger partial charge in [0.15, 0.2) is 5.82 Å². The fourth-order valence-electron chi connectivity index (χ4n) is 1.05. The van der Waals surface area contributed by atoms with Crippen molar-refractivity contribution in [2.75, 3.05) is 19.0 Å². The molecule has 0 bridgehead atoms. The van der Waals surface area contributed by atoms with Gasteiger partial charge in [0.05, 0.1) is 4.88 Å². The Hall–Kier alpha value is -0.850. The summed E-state index contributed by atoms with van der Waals surface area (Å²) in [6.07, 6.45) is 0. The molecule has 0 unspecified atom stereocenters. The van der Waals surface area contributed by atoms with Gasteiger partial charge >= 0.3 is 0 Å². The number of anilines is 1. The van der Waals surface area contributed by atoms with Gasteiger partial charge in [-0.05, 0) is 18.2 Å². The van der Waals surface area contributed by atoms with Crippen LogP contribution in [-0.4, -0.2) is 24.3 Å². The lowest BCUT2D eigenvalue weighted by atomic mass is 10.3. The Balaban J connectivity index is 2.35. The van der Waals surface area contributed by atoms with Gasteiger partial charge in [-0.3, -0.25) is 0 Å². The van der Waals surface area contributed by atoms with Crippen LogP contribution in [-0.2, 0) is 0 Å². The molecule has 0 N–H and O–H groups in total. The molecule has 0 spiro atoms. The second-order valence-electron chi connectivity index (χ2n) is 3.17. The number of nitrogens with zero attached hydrogens (tertiary/aromatic N) is 3. The average molecular weight is 255 g/mol. The maximum absolute atomic E-state index is 5.07. The Bertz CT molecular complexity index is 498. The topological polar surface area (TPSA) is 29.0 Å². The molecule has 0 radical (unpaired) electrons. The van der Waals surface area contributed by atoms with E-state index in [1.807, 2.05) is 37.2 Å². The quantitative estimate of drug-likeness (QED) is 0.609. The molecule has 0 fully saturated rings. The number of hydrogen-bond acceptors (Lipinski definition) is 6. The van der Waals surface area contributed by atoms with Gasteiger partial charge in [-0.25, -0.2) is 0 Å². The van der Waals surface area contributed by atoms with Gasteiger partial charge < -0.3 is 4.90 Å². The molecular formula is C9H9N3S3. The largest absolute Gasteiger partial charge is 0.361 e. The van der Waals surface area contributed by atoms with Gasteiger partial charge in [0.2, 0.25) is 0 Å². The SMILES string of the molecule is CN(C)c1ccc(-c2cc(=S)ss2)nn1. The van der Waals surface area contributed by atoms with Gasteiger partial charge in [0.1, 0.15) is 9.52 Å². The van der Waals surface area contributed by atoms with Crippen LogP contribution in [0, 0.1) is 3.82 Å². The summed E-state index contributed by atoms with van der Waals surface area (Å²) in [6.45, 7) is 0. The fraction of sp³-hybridized carbons (Fsp3) is 0.222. The van der Waals surface area contributed by atoms with Crippen LogP contribution in [0.4, 0.5) is 5.82 Å². The summed E-state index contributed by atoms with van der Waals surface area (Å²) in [5.41, 5.74) is 0.887. The van der Waals surface area contributed by atoms with Gasteiger partial charge in [-0.15, -0.1) is 10.2 Å². The molecule has 2 rings (SSSR count). The maximum atomic E-state index is 5.07. The molecule has 2 aromatic heterocycles. The number of aromatic nitrogens is 2. The van der Waals surface area contributed by atoms with Gasteiger partial charge in [0, 0.05) is 14.1 Å². The molecule has 6 heteroatoms. The molecule has 3 nitrogen and oxygen atoms in total. The Morgan fingerprint density at radius 1 is 1.20 bits per heavy atom. The first-order valence-corrected chi connectivity index (χ1v) is 6.84. The lowest BCUT2D eigenvalue weighted by molar-refractivity contribution is 0.970. The molecule has 78 valence electrons. The first-order valence-electron chi connectivity index (χ1n) is 4.28. The van der Waals surface area contributed by atoms with Crippen molar-refractivity contribution in [2.24, 2.45) is 0 Å². The summed E-state index contributed by atoms with van der Waals surface area (Å²) < 4.78 is 0.897. The molecule has 0 aliphatic heterocycles. The van der Waals surface area contributed by atoms with E-state index in [1.165, 1.54) is 0 Å². The lowest BCUT2D eigenvalue weighted by Gasteiger charge is -2.09. The van der Waals surface area contributed by atoms with Crippen molar-refractivity contribution in [3.8, 4) is 10.6 Å². The van der Waals surface area contributed by atoms with Crippen molar-refractivity contribution in [2.45, 2.75) is 0 Å². The molecule has 15 heavy (non-hydrogen) atoms. The van der Waals surface area contributed by atoms with E-state index in [2.05, 4.69) is 10.2 Å². The third kappa shape index (κ3) is 2.39. The Morgan fingerprint density at radius 2 is 2.00 bits per heavy atom. The zero-order valence-corrected chi connectivity index (χ0v) is 10.7. The Labute approximate surface area is 100 Å². The molecule has 0 amide bonds. The summed E-state index contributed by atoms with van der Waals surface area (Å²) in [4.78, 5) is 3.01. The highest BCUT2D eigenvalue weighted by molar-refractivity contribution is 7.80. The van der Waals surface area contributed by atoms with Crippen molar-refractivity contribution in [3.05, 3.63) is 22.0 Å². The van der Waals surface area contributed by atoms with Crippen molar-refractivity contribution in [1.29, 1.82) is 0 Å². The minimum absolute atomic E-state index is 0.859. The Morgan fingerprint density at radius 3 is 2.47 bits per heavy atom. The predicted molar refractivity (Wildman–Crippen MR) is 68.4 cm³/mol. The van der Waals surface area contributed by atoms with Crippen LogP contribution >= 0.6 is 32.9 Å². The number of hydrogen-bond donors (Lipinski definition) is 0. The summed E-state index contributed by atoms with van der Waals surface area (Å²) in [5.74, 6) is 0.859. The van der Waals surface area contributed by atoms with E-state index in [1.54, 1.807) is 20.7 Å². The van der Waals surface area contributed by atoms with Crippen LogP contribution in [0.2, 0.25) is 0 Å². The highest BCUT2D eigenvalue weighted by Gasteiger charge is 2.03. The van der Waals surface area contributed by atoms with Crippen molar-refractivity contribution >= 4 is 38.7 Å². The number of rotatable bonds is 2. The van der Waals surface area contributed by atoms with Gasteiger partial charge in [-0.1, -0.05) is 32.9 Å². The van der Waals surface area contributed by atoms with E-state index < -0.39 is 0 Å². The third-order valence-electron chi connectivity index (χ3n) is 1.82. The monoisotopic (exact) mass is 255 g/mol. The molecular weight excluding hydrogens is 246 g/mol. The molecule has 2 heterocycles. The average Bonchev–Trinajstić information content (AvgIpc) is 2.65. The molecule has 0 aliphatic rings. The van der Waals surface area contributed by atoms with Crippen molar-refractivity contribution in [1.82, 2.24) is 10.2 Å². The van der Waals surface area contributed by atoms with Crippen LogP contribution in [0.15, 0.2) is 18.2 Å². The van der Waals surface area contributed by atoms with Crippen LogP contribution in [0.5, 0.6) is 0 Å². The van der Waals surface area contributed by atoms with E-state index in [0.717, 1.165) is 20.2 Å². The van der Waals surface area contributed by atoms with Crippen molar-refractivity contribution in [3.63, 3.8) is 0 Å². The second kappa shape index (κ2) is 4.34. The minimum Gasteiger partial charge on any atom is -0.361 e. The van der Waals surface area contributed by atoms with Crippen LogP contribution in [0.1, 0.15) is 0 Å². The predicted octanol–water partition coefficient (Wildman–Crippen LogP) is 3.06. The molecule has 0 saturated heterocycles. The molecule has 0 saturated carbocycles. The minimum atomic E-state index is 0.859. The molecule has 2 aromatic rings. The zero-order valence-electron chi connectivity index (χ0n) is 8.30. The van der Waals surface area contributed by atoms with E-state index in [-0.39, 0.29) is 0 Å². The second-order valence-corrected chi connectivity index (χ2v) is 6.08. The van der Waals surface area contributed by atoms with E-state index in [0.29, 0.717) is 0 Å². The highest BCUT2D eigenvalue weighted by atomic mass is 32.9. The third-order valence-corrected chi connectivity index (χ3v) is 4.71. The highest BCUT2D eigenvalue weighted by Crippen LogP contribution is 2.27. The van der Waals surface area contributed by atoms with E-state index in [4.69, 9.17) is 12.2 Å². The normalized spacial score (nSPS) is 10.3. The van der Waals surface area contributed by atoms with Gasteiger partial charge in [-0.2, -0.15) is 0 Å². The van der Waals surface area contributed by atoms with Gasteiger partial charge in [0.25, 0.3) is 0 Å². The zero-order chi connectivity index (χ0) is 10.8.